The fourth-order valence-corrected chi connectivity index (χ4v) is 4.96. The fourth-order valence-electron chi connectivity index (χ4n) is 4.64. The smallest absolute Gasteiger partial charge is 0.180 e. The molecule has 4 rings (SSSR count). The second kappa shape index (κ2) is 8.33. The van der Waals surface area contributed by atoms with Gasteiger partial charge in [0, 0.05) is 34.1 Å². The van der Waals surface area contributed by atoms with Gasteiger partial charge in [-0.15, -0.1) is 0 Å². The normalized spacial score (nSPS) is 19.7. The molecule has 6 heteroatoms. The van der Waals surface area contributed by atoms with Gasteiger partial charge in [-0.3, -0.25) is 14.7 Å². The van der Waals surface area contributed by atoms with E-state index in [9.17, 15) is 4.79 Å². The zero-order valence-corrected chi connectivity index (χ0v) is 19.1. The van der Waals surface area contributed by atoms with E-state index in [1.165, 1.54) is 6.42 Å². The van der Waals surface area contributed by atoms with Gasteiger partial charge in [0.2, 0.25) is 0 Å². The van der Waals surface area contributed by atoms with Crippen molar-refractivity contribution in [3.8, 4) is 11.8 Å². The zero-order valence-electron chi connectivity index (χ0n) is 17.5. The van der Waals surface area contributed by atoms with Gasteiger partial charge in [0.15, 0.2) is 5.78 Å². The zero-order chi connectivity index (χ0) is 21.4. The predicted molar refractivity (Wildman–Crippen MR) is 122 cm³/mol. The highest BCUT2D eigenvalue weighted by atomic mass is 79.9. The van der Waals surface area contributed by atoms with Crippen molar-refractivity contribution in [1.29, 1.82) is 5.26 Å². The van der Waals surface area contributed by atoms with Crippen LogP contribution in [0.15, 0.2) is 41.0 Å². The molecule has 0 bridgehead atoms. The second-order valence-corrected chi connectivity index (χ2v) is 9.12. The van der Waals surface area contributed by atoms with Gasteiger partial charge in [0.25, 0.3) is 0 Å². The fraction of sp³-hybridized carbons (Fsp3) is 0.375. The maximum atomic E-state index is 13.5. The summed E-state index contributed by atoms with van der Waals surface area (Å²) in [7, 11) is 0. The number of likely N-dealkylation sites (tertiary alicyclic amines) is 1. The van der Waals surface area contributed by atoms with E-state index in [1.807, 2.05) is 25.1 Å². The molecule has 1 aliphatic rings. The summed E-state index contributed by atoms with van der Waals surface area (Å²) in [6.45, 7) is 6.81. The summed E-state index contributed by atoms with van der Waals surface area (Å²) in [6, 6.07) is 12.4. The number of benzene rings is 1. The van der Waals surface area contributed by atoms with Gasteiger partial charge in [0.1, 0.15) is 0 Å². The summed E-state index contributed by atoms with van der Waals surface area (Å²) < 4.78 is 2.92. The highest BCUT2D eigenvalue weighted by molar-refractivity contribution is 9.10. The summed E-state index contributed by atoms with van der Waals surface area (Å²) in [5, 5.41) is 9.11. The van der Waals surface area contributed by atoms with Crippen LogP contribution < -0.4 is 0 Å². The lowest BCUT2D eigenvalue weighted by molar-refractivity contribution is 0.0735. The minimum Gasteiger partial charge on any atom is -0.311 e. The molecule has 1 aromatic carbocycles. The standard InChI is InChI=1S/C24H25BrN4O/c1-15-5-4-6-16(2)28(15)14-22(30)23-17(3)29(20-9-7-18(12-26)8-10-20)21-11-19(25)13-27-24(21)23/h7-11,13,15-16H,4-6,14H2,1-3H3. The first kappa shape index (κ1) is 20.8. The monoisotopic (exact) mass is 464 g/mol. The first-order valence-corrected chi connectivity index (χ1v) is 11.2. The lowest BCUT2D eigenvalue weighted by Gasteiger charge is -2.38. The molecule has 154 valence electrons. The van der Waals surface area contributed by atoms with Crippen LogP contribution in [0.1, 0.15) is 54.7 Å². The third kappa shape index (κ3) is 3.68. The Morgan fingerprint density at radius 3 is 2.53 bits per heavy atom. The van der Waals surface area contributed by atoms with E-state index in [4.69, 9.17) is 5.26 Å². The van der Waals surface area contributed by atoms with Crippen LogP contribution >= 0.6 is 15.9 Å². The number of piperidine rings is 1. The first-order valence-electron chi connectivity index (χ1n) is 10.4. The number of hydrogen-bond donors (Lipinski definition) is 0. The molecule has 1 aliphatic heterocycles. The molecule has 0 aliphatic carbocycles. The molecule has 2 aromatic heterocycles. The molecule has 2 unspecified atom stereocenters. The largest absolute Gasteiger partial charge is 0.311 e. The van der Waals surface area contributed by atoms with Crippen LogP contribution in [0.2, 0.25) is 0 Å². The Labute approximate surface area is 185 Å². The van der Waals surface area contributed by atoms with Crippen LogP contribution in [0.3, 0.4) is 0 Å². The van der Waals surface area contributed by atoms with Gasteiger partial charge in [-0.25, -0.2) is 0 Å². The molecular formula is C24H25BrN4O. The molecule has 30 heavy (non-hydrogen) atoms. The molecule has 1 saturated heterocycles. The van der Waals surface area contributed by atoms with E-state index >= 15 is 0 Å². The second-order valence-electron chi connectivity index (χ2n) is 8.20. The van der Waals surface area contributed by atoms with E-state index in [-0.39, 0.29) is 5.78 Å². The lowest BCUT2D eigenvalue weighted by atomic mass is 9.96. The number of carbonyl (C=O) groups is 1. The number of nitriles is 1. The van der Waals surface area contributed by atoms with Crippen molar-refractivity contribution in [2.75, 3.05) is 6.54 Å². The number of ketones is 1. The first-order chi connectivity index (χ1) is 14.4. The maximum Gasteiger partial charge on any atom is 0.180 e. The number of aromatic nitrogens is 2. The molecule has 5 nitrogen and oxygen atoms in total. The highest BCUT2D eigenvalue weighted by Crippen LogP contribution is 2.31. The SMILES string of the molecule is Cc1c(C(=O)CN2C(C)CCCC2C)c2ncc(Br)cc2n1-c1ccc(C#N)cc1. The molecule has 0 saturated carbocycles. The van der Waals surface area contributed by atoms with E-state index in [2.05, 4.69) is 50.3 Å². The van der Waals surface area contributed by atoms with Gasteiger partial charge < -0.3 is 4.57 Å². The van der Waals surface area contributed by atoms with E-state index in [0.717, 1.165) is 39.7 Å². The maximum absolute atomic E-state index is 13.5. The average Bonchev–Trinajstić information content (AvgIpc) is 3.02. The minimum absolute atomic E-state index is 0.111. The summed E-state index contributed by atoms with van der Waals surface area (Å²) in [4.78, 5) is 20.5. The van der Waals surface area contributed by atoms with Gasteiger partial charge in [-0.05, 0) is 79.9 Å². The number of rotatable bonds is 4. The van der Waals surface area contributed by atoms with Crippen molar-refractivity contribution in [3.05, 3.63) is 57.8 Å². The molecule has 2 atom stereocenters. The molecular weight excluding hydrogens is 440 g/mol. The van der Waals surface area contributed by atoms with Crippen molar-refractivity contribution < 1.29 is 4.79 Å². The third-order valence-corrected chi connectivity index (χ3v) is 6.68. The Bertz CT molecular complexity index is 1130. The molecule has 0 radical (unpaired) electrons. The van der Waals surface area contributed by atoms with Crippen molar-refractivity contribution in [2.45, 2.75) is 52.1 Å². The number of Topliss-reactive ketones (excluding diaryl/α,β-unsaturated/α-hetero) is 1. The summed E-state index contributed by atoms with van der Waals surface area (Å²) in [6.07, 6.45) is 5.23. The van der Waals surface area contributed by atoms with Gasteiger partial charge in [-0.1, -0.05) is 6.42 Å². The topological polar surface area (TPSA) is 61.9 Å². The number of fused-ring (bicyclic) bond motifs is 1. The van der Waals surface area contributed by atoms with Crippen LogP contribution in [0, 0.1) is 18.3 Å². The average molecular weight is 465 g/mol. The molecule has 3 aromatic rings. The van der Waals surface area contributed by atoms with E-state index in [0.29, 0.717) is 29.8 Å². The Morgan fingerprint density at radius 2 is 1.90 bits per heavy atom. The van der Waals surface area contributed by atoms with Crippen molar-refractivity contribution >= 4 is 32.7 Å². The third-order valence-electron chi connectivity index (χ3n) is 6.24. The lowest BCUT2D eigenvalue weighted by Crippen LogP contribution is -2.46. The number of nitrogens with zero attached hydrogens (tertiary/aromatic N) is 4. The quantitative estimate of drug-likeness (QED) is 0.483. The van der Waals surface area contributed by atoms with Crippen LogP contribution in [0.25, 0.3) is 16.7 Å². The summed E-state index contributed by atoms with van der Waals surface area (Å²) in [5.74, 6) is 0.111. The van der Waals surface area contributed by atoms with Crippen LogP contribution in [0.4, 0.5) is 0 Å². The number of carbonyl (C=O) groups excluding carboxylic acids is 1. The van der Waals surface area contributed by atoms with Gasteiger partial charge >= 0.3 is 0 Å². The predicted octanol–water partition coefficient (Wildman–Crippen LogP) is 5.41. The number of halogens is 1. The molecule has 0 amide bonds. The molecule has 1 fully saturated rings. The number of hydrogen-bond acceptors (Lipinski definition) is 4. The Balaban J connectivity index is 1.81. The Hall–Kier alpha value is -2.49. The van der Waals surface area contributed by atoms with Gasteiger partial charge in [-0.2, -0.15) is 5.26 Å². The molecule has 0 N–H and O–H groups in total. The van der Waals surface area contributed by atoms with E-state index < -0.39 is 0 Å². The highest BCUT2D eigenvalue weighted by Gasteiger charge is 2.29. The summed E-state index contributed by atoms with van der Waals surface area (Å²) in [5.41, 5.74) is 4.69. The molecule has 3 heterocycles. The summed E-state index contributed by atoms with van der Waals surface area (Å²) >= 11 is 3.52. The number of pyridine rings is 1. The Morgan fingerprint density at radius 1 is 1.23 bits per heavy atom. The Kier molecular flexibility index (Phi) is 5.77. The van der Waals surface area contributed by atoms with Crippen molar-refractivity contribution in [1.82, 2.24) is 14.5 Å². The van der Waals surface area contributed by atoms with Crippen LogP contribution in [-0.2, 0) is 0 Å². The van der Waals surface area contributed by atoms with E-state index in [1.54, 1.807) is 18.3 Å². The van der Waals surface area contributed by atoms with Crippen LogP contribution in [0.5, 0.6) is 0 Å². The molecule has 0 spiro atoms. The van der Waals surface area contributed by atoms with Gasteiger partial charge in [0.05, 0.1) is 34.8 Å². The van der Waals surface area contributed by atoms with Crippen molar-refractivity contribution in [2.24, 2.45) is 0 Å². The van der Waals surface area contributed by atoms with Crippen molar-refractivity contribution in [3.63, 3.8) is 0 Å². The van der Waals surface area contributed by atoms with Crippen LogP contribution in [-0.4, -0.2) is 38.9 Å². The minimum atomic E-state index is 0.111.